The van der Waals surface area contributed by atoms with Gasteiger partial charge in [-0.15, -0.1) is 5.10 Å². The van der Waals surface area contributed by atoms with E-state index in [0.29, 0.717) is 17.4 Å². The predicted molar refractivity (Wildman–Crippen MR) is 86.0 cm³/mol. The Morgan fingerprint density at radius 2 is 1.91 bits per heavy atom. The highest BCUT2D eigenvalue weighted by molar-refractivity contribution is 5.82. The Morgan fingerprint density at radius 3 is 2.59 bits per heavy atom. The highest BCUT2D eigenvalue weighted by atomic mass is 16.5. The summed E-state index contributed by atoms with van der Waals surface area (Å²) >= 11 is 0. The van der Waals surface area contributed by atoms with Crippen molar-refractivity contribution in [3.05, 3.63) is 35.8 Å². The molecule has 2 heterocycles. The zero-order valence-electron chi connectivity index (χ0n) is 13.2. The minimum Gasteiger partial charge on any atom is -0.496 e. The number of benzene rings is 1. The summed E-state index contributed by atoms with van der Waals surface area (Å²) in [6.45, 7) is 5.99. The van der Waals surface area contributed by atoms with E-state index < -0.39 is 0 Å². The lowest BCUT2D eigenvalue weighted by Crippen LogP contribution is -2.09. The second-order valence-electron chi connectivity index (χ2n) is 5.48. The van der Waals surface area contributed by atoms with Crippen LogP contribution >= 0.6 is 0 Å². The number of anilines is 1. The van der Waals surface area contributed by atoms with Gasteiger partial charge in [0.2, 0.25) is 0 Å². The highest BCUT2D eigenvalue weighted by Gasteiger charge is 2.21. The molecule has 0 amide bonds. The number of hydrogen-bond donors (Lipinski definition) is 1. The minimum atomic E-state index is 0.198. The van der Waals surface area contributed by atoms with E-state index in [4.69, 9.17) is 10.5 Å². The third-order valence-corrected chi connectivity index (χ3v) is 3.58. The van der Waals surface area contributed by atoms with Crippen LogP contribution < -0.4 is 10.5 Å². The number of para-hydroxylation sites is 1. The van der Waals surface area contributed by atoms with E-state index in [2.05, 4.69) is 28.9 Å². The van der Waals surface area contributed by atoms with Crippen molar-refractivity contribution in [2.75, 3.05) is 12.8 Å². The van der Waals surface area contributed by atoms with Gasteiger partial charge in [0.15, 0.2) is 0 Å². The summed E-state index contributed by atoms with van der Waals surface area (Å²) in [5, 5.41) is 4.33. The first-order chi connectivity index (χ1) is 10.5. The van der Waals surface area contributed by atoms with Crippen LogP contribution in [0.15, 0.2) is 24.3 Å². The van der Waals surface area contributed by atoms with Crippen LogP contribution in [0.5, 0.6) is 5.75 Å². The molecular weight excluding hydrogens is 278 g/mol. The maximum atomic E-state index is 6.39. The molecule has 0 bridgehead atoms. The molecule has 0 radical (unpaired) electrons. The smallest absolute Gasteiger partial charge is 0.254 e. The van der Waals surface area contributed by atoms with Crippen LogP contribution in [0.2, 0.25) is 0 Å². The Kier molecular flexibility index (Phi) is 3.44. The Labute approximate surface area is 129 Å². The molecule has 22 heavy (non-hydrogen) atoms. The van der Waals surface area contributed by atoms with Crippen LogP contribution in [0.25, 0.3) is 16.9 Å². The van der Waals surface area contributed by atoms with Gasteiger partial charge in [0.1, 0.15) is 17.4 Å². The molecule has 114 valence electrons. The lowest BCUT2D eigenvalue weighted by Gasteiger charge is -2.17. The van der Waals surface area contributed by atoms with Crippen LogP contribution in [-0.4, -0.2) is 26.7 Å². The van der Waals surface area contributed by atoms with Gasteiger partial charge < -0.3 is 10.5 Å². The standard InChI is InChI=1S/C16H19N5O/c1-9(2)14-13(11-7-5-6-8-12(11)22-4)15(17)21-16(19-14)18-10(3)20-21/h5-9H,17H2,1-4H3. The first-order valence-electron chi connectivity index (χ1n) is 7.19. The van der Waals surface area contributed by atoms with E-state index in [1.165, 1.54) is 0 Å². The summed E-state index contributed by atoms with van der Waals surface area (Å²) in [6.07, 6.45) is 0. The van der Waals surface area contributed by atoms with Crippen molar-refractivity contribution in [3.63, 3.8) is 0 Å². The quantitative estimate of drug-likeness (QED) is 0.804. The number of rotatable bonds is 3. The molecule has 3 aromatic rings. The first-order valence-corrected chi connectivity index (χ1v) is 7.19. The monoisotopic (exact) mass is 297 g/mol. The fourth-order valence-corrected chi connectivity index (χ4v) is 2.58. The summed E-state index contributed by atoms with van der Waals surface area (Å²) in [4.78, 5) is 8.99. The number of ether oxygens (including phenoxy) is 1. The number of nitrogens with zero attached hydrogens (tertiary/aromatic N) is 4. The fraction of sp³-hybridized carbons (Fsp3) is 0.312. The largest absolute Gasteiger partial charge is 0.496 e. The third-order valence-electron chi connectivity index (χ3n) is 3.58. The van der Waals surface area contributed by atoms with Crippen molar-refractivity contribution >= 4 is 11.6 Å². The van der Waals surface area contributed by atoms with Crippen LogP contribution in [-0.2, 0) is 0 Å². The Morgan fingerprint density at radius 1 is 1.18 bits per heavy atom. The number of nitrogen functional groups attached to an aromatic ring is 1. The second kappa shape index (κ2) is 5.29. The molecule has 0 unspecified atom stereocenters. The molecule has 0 aliphatic carbocycles. The maximum absolute atomic E-state index is 6.39. The summed E-state index contributed by atoms with van der Waals surface area (Å²) in [7, 11) is 1.65. The number of hydrogen-bond acceptors (Lipinski definition) is 5. The molecule has 0 saturated heterocycles. The van der Waals surface area contributed by atoms with E-state index in [1.807, 2.05) is 31.2 Å². The predicted octanol–water partition coefficient (Wildman–Crippen LogP) is 2.81. The van der Waals surface area contributed by atoms with Crippen molar-refractivity contribution in [1.29, 1.82) is 0 Å². The average Bonchev–Trinajstić information content (AvgIpc) is 2.88. The first kappa shape index (κ1) is 14.3. The number of fused-ring (bicyclic) bond motifs is 1. The van der Waals surface area contributed by atoms with Crippen LogP contribution in [0, 0.1) is 6.92 Å². The van der Waals surface area contributed by atoms with E-state index >= 15 is 0 Å². The molecule has 0 aliphatic heterocycles. The van der Waals surface area contributed by atoms with Crippen molar-refractivity contribution < 1.29 is 4.74 Å². The topological polar surface area (TPSA) is 78.3 Å². The van der Waals surface area contributed by atoms with Gasteiger partial charge in [0.25, 0.3) is 5.78 Å². The van der Waals surface area contributed by atoms with Crippen LogP contribution in [0.4, 0.5) is 5.82 Å². The van der Waals surface area contributed by atoms with E-state index in [0.717, 1.165) is 22.6 Å². The lowest BCUT2D eigenvalue weighted by atomic mass is 9.97. The maximum Gasteiger partial charge on any atom is 0.254 e. The van der Waals surface area contributed by atoms with Crippen molar-refractivity contribution in [2.45, 2.75) is 26.7 Å². The summed E-state index contributed by atoms with van der Waals surface area (Å²) in [5.74, 6) is 2.65. The van der Waals surface area contributed by atoms with E-state index in [9.17, 15) is 0 Å². The van der Waals surface area contributed by atoms with Crippen LogP contribution in [0.3, 0.4) is 0 Å². The Hall–Kier alpha value is -2.63. The Balaban J connectivity index is 2.40. The van der Waals surface area contributed by atoms with Gasteiger partial charge in [0.05, 0.1) is 12.8 Å². The van der Waals surface area contributed by atoms with Gasteiger partial charge in [0, 0.05) is 11.1 Å². The molecule has 0 atom stereocenters. The summed E-state index contributed by atoms with van der Waals surface area (Å²) < 4.78 is 7.06. The number of aryl methyl sites for hydroxylation is 1. The van der Waals surface area contributed by atoms with Gasteiger partial charge in [-0.05, 0) is 18.9 Å². The molecular formula is C16H19N5O. The number of aromatic nitrogens is 4. The molecule has 6 nitrogen and oxygen atoms in total. The fourth-order valence-electron chi connectivity index (χ4n) is 2.58. The normalized spacial score (nSPS) is 11.3. The summed E-state index contributed by atoms with van der Waals surface area (Å²) in [6, 6.07) is 7.78. The Bertz CT molecular complexity index is 838. The van der Waals surface area contributed by atoms with Gasteiger partial charge in [-0.3, -0.25) is 0 Å². The minimum absolute atomic E-state index is 0.198. The summed E-state index contributed by atoms with van der Waals surface area (Å²) in [5.41, 5.74) is 9.04. The molecule has 1 aromatic carbocycles. The van der Waals surface area contributed by atoms with E-state index in [1.54, 1.807) is 11.6 Å². The van der Waals surface area contributed by atoms with Gasteiger partial charge in [-0.25, -0.2) is 4.98 Å². The van der Waals surface area contributed by atoms with Crippen molar-refractivity contribution in [2.24, 2.45) is 0 Å². The van der Waals surface area contributed by atoms with Crippen molar-refractivity contribution in [3.8, 4) is 16.9 Å². The number of methoxy groups -OCH3 is 1. The van der Waals surface area contributed by atoms with Gasteiger partial charge in [-0.2, -0.15) is 9.50 Å². The number of nitrogens with two attached hydrogens (primary N) is 1. The van der Waals surface area contributed by atoms with Crippen molar-refractivity contribution in [1.82, 2.24) is 19.6 Å². The third kappa shape index (κ3) is 2.16. The molecule has 0 saturated carbocycles. The lowest BCUT2D eigenvalue weighted by molar-refractivity contribution is 0.416. The van der Waals surface area contributed by atoms with E-state index in [-0.39, 0.29) is 5.92 Å². The van der Waals surface area contributed by atoms with Crippen LogP contribution in [0.1, 0.15) is 31.3 Å². The van der Waals surface area contributed by atoms with Gasteiger partial charge >= 0.3 is 0 Å². The zero-order chi connectivity index (χ0) is 15.9. The average molecular weight is 297 g/mol. The molecule has 0 fully saturated rings. The molecule has 2 N–H and O–H groups in total. The second-order valence-corrected chi connectivity index (χ2v) is 5.48. The highest BCUT2D eigenvalue weighted by Crippen LogP contribution is 2.38. The molecule has 0 aliphatic rings. The SMILES string of the molecule is COc1ccccc1-c1c(C(C)C)nc2nc(C)nn2c1N. The van der Waals surface area contributed by atoms with Gasteiger partial charge in [-0.1, -0.05) is 32.0 Å². The molecule has 0 spiro atoms. The molecule has 6 heteroatoms. The molecule has 3 rings (SSSR count). The molecule has 2 aromatic heterocycles. The zero-order valence-corrected chi connectivity index (χ0v) is 13.2.